The molecule has 0 N–H and O–H groups in total. The molecule has 3 heterocycles. The van der Waals surface area contributed by atoms with Gasteiger partial charge in [0.25, 0.3) is 0 Å². The van der Waals surface area contributed by atoms with Crippen LogP contribution in [-0.4, -0.2) is 9.97 Å². The van der Waals surface area contributed by atoms with Crippen LogP contribution in [0.5, 0.6) is 11.5 Å². The number of benzene rings is 6. The van der Waals surface area contributed by atoms with Gasteiger partial charge in [0.2, 0.25) is 0 Å². The molecule has 4 nitrogen and oxygen atoms in total. The number of hydrogen-bond donors (Lipinski definition) is 0. The minimum atomic E-state index is -0.780. The molecule has 9 rings (SSSR count). The molecule has 0 saturated carbocycles. The molecule has 0 saturated heterocycles. The summed E-state index contributed by atoms with van der Waals surface area (Å²) in [5, 5.41) is 2.20. The maximum absolute atomic E-state index is 6.56. The predicted molar refractivity (Wildman–Crippen MR) is 196 cm³/mol. The fourth-order valence-electron chi connectivity index (χ4n) is 7.21. The van der Waals surface area contributed by atoms with Crippen molar-refractivity contribution < 1.29 is 25.8 Å². The number of hydrogen-bond acceptors (Lipinski definition) is 4. The molecule has 50 heavy (non-hydrogen) atoms. The Balaban J connectivity index is 0.00000361. The van der Waals surface area contributed by atoms with Gasteiger partial charge < -0.3 is 14.6 Å². The van der Waals surface area contributed by atoms with Crippen LogP contribution >= 0.6 is 0 Å². The molecule has 0 bridgehead atoms. The number of aromatic nitrogens is 2. The average molecular weight is 823 g/mol. The third-order valence-corrected chi connectivity index (χ3v) is 9.25. The van der Waals surface area contributed by atoms with Gasteiger partial charge in [0, 0.05) is 29.6 Å². The van der Waals surface area contributed by atoms with E-state index >= 15 is 0 Å². The second-order valence-electron chi connectivity index (χ2n) is 12.0. The van der Waals surface area contributed by atoms with Crippen LogP contribution in [0.4, 0.5) is 17.1 Å². The Hall–Kier alpha value is -5.83. The van der Waals surface area contributed by atoms with E-state index in [9.17, 15) is 0 Å². The number of rotatable bonds is 6. The van der Waals surface area contributed by atoms with Gasteiger partial charge in [-0.1, -0.05) is 91.0 Å². The van der Waals surface area contributed by atoms with Crippen molar-refractivity contribution in [1.29, 1.82) is 0 Å². The van der Waals surface area contributed by atoms with E-state index in [1.165, 1.54) is 0 Å². The number of fused-ring (bicyclic) bond motifs is 3. The van der Waals surface area contributed by atoms with Crippen LogP contribution in [0.15, 0.2) is 176 Å². The second-order valence-corrected chi connectivity index (χ2v) is 12.0. The number of nitrogens with zero attached hydrogens (tertiary/aromatic N) is 3. The summed E-state index contributed by atoms with van der Waals surface area (Å²) in [6, 6.07) is 63.4. The van der Waals surface area contributed by atoms with Crippen LogP contribution in [0.2, 0.25) is 0 Å². The molecule has 0 radical (unpaired) electrons. The molecule has 0 atom stereocenters. The van der Waals surface area contributed by atoms with E-state index in [1.54, 1.807) is 0 Å². The minimum absolute atomic E-state index is 0. The van der Waals surface area contributed by atoms with Gasteiger partial charge in [-0.25, -0.2) is 0 Å². The largest absolute Gasteiger partial charge is 2.00 e. The molecule has 0 fully saturated rings. The molecule has 5 heteroatoms. The molecule has 0 aliphatic carbocycles. The third-order valence-electron chi connectivity index (χ3n) is 9.25. The summed E-state index contributed by atoms with van der Waals surface area (Å²) in [5.41, 5.74) is 8.28. The van der Waals surface area contributed by atoms with Crippen LogP contribution in [-0.2, 0) is 26.5 Å². The Morgan fingerprint density at radius 3 is 1.94 bits per heavy atom. The van der Waals surface area contributed by atoms with Crippen LogP contribution in [0.25, 0.3) is 22.0 Å². The normalized spacial score (nSPS) is 12.8. The molecule has 0 spiro atoms. The fourth-order valence-corrected chi connectivity index (χ4v) is 7.21. The van der Waals surface area contributed by atoms with Crippen molar-refractivity contribution in [2.24, 2.45) is 0 Å². The Morgan fingerprint density at radius 1 is 0.520 bits per heavy atom. The predicted octanol–water partition coefficient (Wildman–Crippen LogP) is 10.9. The first-order chi connectivity index (χ1) is 24.3. The van der Waals surface area contributed by atoms with Gasteiger partial charge in [0.05, 0.1) is 22.5 Å². The average Bonchev–Trinajstić information content (AvgIpc) is 3.17. The third kappa shape index (κ3) is 5.21. The van der Waals surface area contributed by atoms with Crippen molar-refractivity contribution in [2.75, 3.05) is 4.90 Å². The van der Waals surface area contributed by atoms with Gasteiger partial charge in [-0.3, -0.25) is 4.98 Å². The fraction of sp³-hybridized carbons (Fsp3) is 0.0222. The van der Waals surface area contributed by atoms with Gasteiger partial charge >= 0.3 is 21.1 Å². The van der Waals surface area contributed by atoms with Crippen molar-refractivity contribution >= 4 is 27.8 Å². The number of pyridine rings is 2. The van der Waals surface area contributed by atoms with E-state index in [4.69, 9.17) is 14.7 Å². The molecule has 2 aromatic heterocycles. The van der Waals surface area contributed by atoms with E-state index < -0.39 is 5.41 Å². The molecular weight excluding hydrogens is 794 g/mol. The van der Waals surface area contributed by atoms with Crippen LogP contribution < -0.4 is 9.64 Å². The summed E-state index contributed by atoms with van der Waals surface area (Å²) in [5.74, 6) is 1.18. The van der Waals surface area contributed by atoms with Crippen LogP contribution in [0.3, 0.4) is 0 Å². The molecule has 1 aliphatic rings. The molecule has 0 amide bonds. The van der Waals surface area contributed by atoms with Crippen molar-refractivity contribution in [3.8, 4) is 22.8 Å². The summed E-state index contributed by atoms with van der Waals surface area (Å²) in [6.07, 6.45) is 3.71. The maximum Gasteiger partial charge on any atom is 2.00 e. The standard InChI is InChI=1S/C45H29N3O.Pt/c1-2-17-35(18-3-1)48-41-24-8-6-22-39(41)45(43-26-10-11-28-46-43,40-23-7-9-25-42(40)48)34-16-13-20-37(31-34)49-36-19-12-15-33(30-36)44-38-21-5-4-14-32(38)27-29-47-44;/h1-29H;/q-2;+2. The number of anilines is 3. The summed E-state index contributed by atoms with van der Waals surface area (Å²) in [6.45, 7) is 0. The molecule has 6 aromatic carbocycles. The second kappa shape index (κ2) is 13.2. The van der Waals surface area contributed by atoms with E-state index in [0.29, 0.717) is 11.5 Å². The minimum Gasteiger partial charge on any atom is -0.503 e. The van der Waals surface area contributed by atoms with Gasteiger partial charge in [-0.2, -0.15) is 12.1 Å². The van der Waals surface area contributed by atoms with Crippen molar-refractivity contribution in [1.82, 2.24) is 9.97 Å². The topological polar surface area (TPSA) is 38.2 Å². The Bertz CT molecular complexity index is 2400. The van der Waals surface area contributed by atoms with Crippen LogP contribution in [0.1, 0.15) is 22.4 Å². The number of ether oxygens (including phenoxy) is 1. The molecule has 0 unspecified atom stereocenters. The molecule has 1 aliphatic heterocycles. The van der Waals surface area contributed by atoms with E-state index in [2.05, 4.69) is 126 Å². The number of para-hydroxylation sites is 3. The first-order valence-electron chi connectivity index (χ1n) is 16.3. The van der Waals surface area contributed by atoms with Gasteiger partial charge in [0.15, 0.2) is 0 Å². The maximum atomic E-state index is 6.56. The van der Waals surface area contributed by atoms with E-state index in [-0.39, 0.29) is 21.1 Å². The summed E-state index contributed by atoms with van der Waals surface area (Å²) < 4.78 is 6.56. The smallest absolute Gasteiger partial charge is 0.503 e. The van der Waals surface area contributed by atoms with Crippen molar-refractivity contribution in [3.63, 3.8) is 0 Å². The first-order valence-corrected chi connectivity index (χ1v) is 16.3. The summed E-state index contributed by atoms with van der Waals surface area (Å²) in [4.78, 5) is 12.1. The van der Waals surface area contributed by atoms with Gasteiger partial charge in [-0.15, -0.1) is 41.5 Å². The Morgan fingerprint density at radius 2 is 1.18 bits per heavy atom. The van der Waals surface area contributed by atoms with Gasteiger partial charge in [0.1, 0.15) is 0 Å². The monoisotopic (exact) mass is 822 g/mol. The zero-order valence-corrected chi connectivity index (χ0v) is 29.1. The van der Waals surface area contributed by atoms with Crippen molar-refractivity contribution in [3.05, 3.63) is 211 Å². The quantitative estimate of drug-likeness (QED) is 0.157. The summed E-state index contributed by atoms with van der Waals surface area (Å²) in [7, 11) is 0. The molecule has 240 valence electrons. The zero-order valence-electron chi connectivity index (χ0n) is 26.8. The molecule has 8 aromatic rings. The SMILES string of the molecule is [Pt+2].[c-]1c(Oc2[c-]c(C3(c4ccccn4)c4ccccc4N(c4ccccc4)c4ccccc43)ccc2)cccc1-c1nccc2ccccc12. The Labute approximate surface area is 306 Å². The summed E-state index contributed by atoms with van der Waals surface area (Å²) >= 11 is 0. The Kier molecular flexibility index (Phi) is 8.32. The van der Waals surface area contributed by atoms with Crippen LogP contribution in [0, 0.1) is 12.1 Å². The first kappa shape index (κ1) is 31.4. The van der Waals surface area contributed by atoms with E-state index in [1.807, 2.05) is 67.0 Å². The molecular formula is C45H29N3OPt. The zero-order chi connectivity index (χ0) is 32.6. The van der Waals surface area contributed by atoms with Gasteiger partial charge in [-0.05, 0) is 70.1 Å². The van der Waals surface area contributed by atoms with Crippen molar-refractivity contribution in [2.45, 2.75) is 5.41 Å². The van der Waals surface area contributed by atoms with E-state index in [0.717, 1.165) is 61.5 Å².